The Morgan fingerprint density at radius 2 is 1.92 bits per heavy atom. The first kappa shape index (κ1) is 19.4. The lowest BCUT2D eigenvalue weighted by Gasteiger charge is -2.29. The summed E-state index contributed by atoms with van der Waals surface area (Å²) in [4.78, 5) is 25.9. The largest absolute Gasteiger partial charge is 0.389 e. The highest BCUT2D eigenvalue weighted by Gasteiger charge is 2.28. The molecule has 1 aromatic carbocycles. The SMILES string of the molecule is CCCC(O)(CCC)CC(=O)Nc1ccc2c(c1)CCCN2C(C)=O. The number of hydrogen-bond acceptors (Lipinski definition) is 3. The number of rotatable bonds is 7. The summed E-state index contributed by atoms with van der Waals surface area (Å²) in [5.41, 5.74) is 1.82. The van der Waals surface area contributed by atoms with E-state index in [0.29, 0.717) is 12.8 Å². The lowest BCUT2D eigenvalue weighted by molar-refractivity contribution is -0.121. The van der Waals surface area contributed by atoms with Gasteiger partial charge in [0.1, 0.15) is 0 Å². The Morgan fingerprint density at radius 1 is 1.24 bits per heavy atom. The Morgan fingerprint density at radius 3 is 2.52 bits per heavy atom. The quantitative estimate of drug-likeness (QED) is 0.792. The van der Waals surface area contributed by atoms with Crippen molar-refractivity contribution in [3.63, 3.8) is 0 Å². The van der Waals surface area contributed by atoms with Crippen LogP contribution in [0.2, 0.25) is 0 Å². The monoisotopic (exact) mass is 346 g/mol. The highest BCUT2D eigenvalue weighted by atomic mass is 16.3. The molecule has 25 heavy (non-hydrogen) atoms. The van der Waals surface area contributed by atoms with Crippen molar-refractivity contribution in [1.29, 1.82) is 0 Å². The molecule has 0 spiro atoms. The fourth-order valence-corrected chi connectivity index (χ4v) is 3.74. The van der Waals surface area contributed by atoms with Gasteiger partial charge in [-0.2, -0.15) is 0 Å². The van der Waals surface area contributed by atoms with E-state index in [9.17, 15) is 14.7 Å². The van der Waals surface area contributed by atoms with Gasteiger partial charge in [0.2, 0.25) is 11.8 Å². The van der Waals surface area contributed by atoms with Gasteiger partial charge < -0.3 is 15.3 Å². The summed E-state index contributed by atoms with van der Waals surface area (Å²) in [5, 5.41) is 13.5. The standard InChI is InChI=1S/C20H30N2O3/c1-4-10-20(25,11-5-2)14-19(24)21-17-8-9-18-16(13-17)7-6-12-22(18)15(3)23/h8-9,13,25H,4-7,10-12,14H2,1-3H3,(H,21,24). The molecule has 0 unspecified atom stereocenters. The number of hydrogen-bond donors (Lipinski definition) is 2. The van der Waals surface area contributed by atoms with Crippen LogP contribution in [0.15, 0.2) is 18.2 Å². The molecule has 1 heterocycles. The number of nitrogens with one attached hydrogen (secondary N) is 1. The van der Waals surface area contributed by atoms with Gasteiger partial charge in [-0.05, 0) is 49.4 Å². The van der Waals surface area contributed by atoms with Gasteiger partial charge in [0.15, 0.2) is 0 Å². The molecule has 0 saturated carbocycles. The molecule has 1 aliphatic rings. The maximum absolute atomic E-state index is 12.4. The summed E-state index contributed by atoms with van der Waals surface area (Å²) in [6, 6.07) is 5.67. The van der Waals surface area contributed by atoms with E-state index in [2.05, 4.69) is 5.32 Å². The summed E-state index contributed by atoms with van der Waals surface area (Å²) in [6.45, 7) is 6.35. The average Bonchev–Trinajstić information content (AvgIpc) is 2.53. The second-order valence-electron chi connectivity index (χ2n) is 7.07. The van der Waals surface area contributed by atoms with Crippen LogP contribution < -0.4 is 10.2 Å². The topological polar surface area (TPSA) is 69.6 Å². The van der Waals surface area contributed by atoms with Crippen molar-refractivity contribution in [3.05, 3.63) is 23.8 Å². The van der Waals surface area contributed by atoms with Crippen molar-refractivity contribution in [2.24, 2.45) is 0 Å². The lowest BCUT2D eigenvalue weighted by atomic mass is 9.89. The molecule has 0 radical (unpaired) electrons. The Hall–Kier alpha value is -1.88. The van der Waals surface area contributed by atoms with Gasteiger partial charge in [-0.15, -0.1) is 0 Å². The Labute approximate surface area is 150 Å². The molecule has 2 N–H and O–H groups in total. The highest BCUT2D eigenvalue weighted by molar-refractivity contribution is 5.95. The number of amides is 2. The van der Waals surface area contributed by atoms with E-state index < -0.39 is 5.60 Å². The number of carbonyl (C=O) groups excluding carboxylic acids is 2. The number of anilines is 2. The molecular formula is C20H30N2O3. The van der Waals surface area contributed by atoms with Crippen LogP contribution in [-0.2, 0) is 16.0 Å². The van der Waals surface area contributed by atoms with Crippen molar-refractivity contribution in [3.8, 4) is 0 Å². The minimum absolute atomic E-state index is 0.0435. The Bertz CT molecular complexity index is 621. The zero-order valence-corrected chi connectivity index (χ0v) is 15.6. The maximum atomic E-state index is 12.4. The molecule has 0 saturated heterocycles. The molecule has 0 atom stereocenters. The van der Waals surface area contributed by atoms with Crippen LogP contribution in [0.1, 0.15) is 64.9 Å². The van der Waals surface area contributed by atoms with Crippen LogP contribution in [0.3, 0.4) is 0 Å². The average molecular weight is 346 g/mol. The van der Waals surface area contributed by atoms with E-state index in [4.69, 9.17) is 0 Å². The van der Waals surface area contributed by atoms with Crippen molar-refractivity contribution in [2.45, 2.75) is 71.3 Å². The van der Waals surface area contributed by atoms with Gasteiger partial charge in [-0.25, -0.2) is 0 Å². The first-order valence-corrected chi connectivity index (χ1v) is 9.32. The van der Waals surface area contributed by atoms with E-state index in [1.54, 1.807) is 11.8 Å². The third-order valence-electron chi connectivity index (χ3n) is 4.78. The van der Waals surface area contributed by atoms with Crippen molar-refractivity contribution in [2.75, 3.05) is 16.8 Å². The highest BCUT2D eigenvalue weighted by Crippen LogP contribution is 2.30. The van der Waals surface area contributed by atoms with Crippen molar-refractivity contribution < 1.29 is 14.7 Å². The predicted molar refractivity (Wildman–Crippen MR) is 101 cm³/mol. The normalized spacial score (nSPS) is 14.2. The van der Waals surface area contributed by atoms with Crippen LogP contribution in [0.5, 0.6) is 0 Å². The van der Waals surface area contributed by atoms with Crippen LogP contribution in [0.25, 0.3) is 0 Å². The van der Waals surface area contributed by atoms with Gasteiger partial charge >= 0.3 is 0 Å². The summed E-state index contributed by atoms with van der Waals surface area (Å²) < 4.78 is 0. The molecule has 5 heteroatoms. The molecule has 138 valence electrons. The van der Waals surface area contributed by atoms with Crippen LogP contribution in [0, 0.1) is 0 Å². The zero-order chi connectivity index (χ0) is 18.4. The first-order chi connectivity index (χ1) is 11.9. The molecule has 0 aromatic heterocycles. The second kappa shape index (κ2) is 8.48. The van der Waals surface area contributed by atoms with Gasteiger partial charge in [-0.1, -0.05) is 26.7 Å². The van der Waals surface area contributed by atoms with Crippen LogP contribution in [-0.4, -0.2) is 29.1 Å². The smallest absolute Gasteiger partial charge is 0.227 e. The van der Waals surface area contributed by atoms with Gasteiger partial charge in [0.05, 0.1) is 12.0 Å². The molecule has 2 rings (SSSR count). The van der Waals surface area contributed by atoms with E-state index in [0.717, 1.165) is 49.2 Å². The van der Waals surface area contributed by atoms with Crippen LogP contribution >= 0.6 is 0 Å². The molecule has 0 fully saturated rings. The number of nitrogens with zero attached hydrogens (tertiary/aromatic N) is 1. The first-order valence-electron chi connectivity index (χ1n) is 9.32. The minimum Gasteiger partial charge on any atom is -0.389 e. The van der Waals surface area contributed by atoms with Crippen molar-refractivity contribution >= 4 is 23.2 Å². The van der Waals surface area contributed by atoms with Gasteiger partial charge in [0, 0.05) is 24.8 Å². The summed E-state index contributed by atoms with van der Waals surface area (Å²) >= 11 is 0. The lowest BCUT2D eigenvalue weighted by Crippen LogP contribution is -2.34. The number of aliphatic hydroxyl groups is 1. The zero-order valence-electron chi connectivity index (χ0n) is 15.6. The minimum atomic E-state index is -0.923. The predicted octanol–water partition coefficient (Wildman–Crippen LogP) is 3.65. The van der Waals surface area contributed by atoms with E-state index >= 15 is 0 Å². The van der Waals surface area contributed by atoms with Crippen LogP contribution in [0.4, 0.5) is 11.4 Å². The summed E-state index contributed by atoms with van der Waals surface area (Å²) in [7, 11) is 0. The number of benzene rings is 1. The summed E-state index contributed by atoms with van der Waals surface area (Å²) in [5.74, 6) is -0.120. The molecule has 1 aliphatic heterocycles. The number of aryl methyl sites for hydroxylation is 1. The molecule has 5 nitrogen and oxygen atoms in total. The van der Waals surface area contributed by atoms with Gasteiger partial charge in [-0.3, -0.25) is 9.59 Å². The van der Waals surface area contributed by atoms with E-state index in [1.807, 2.05) is 32.0 Å². The molecule has 0 aliphatic carbocycles. The van der Waals surface area contributed by atoms with E-state index in [-0.39, 0.29) is 18.2 Å². The number of fused-ring (bicyclic) bond motifs is 1. The van der Waals surface area contributed by atoms with E-state index in [1.165, 1.54) is 0 Å². The van der Waals surface area contributed by atoms with Crippen molar-refractivity contribution in [1.82, 2.24) is 0 Å². The maximum Gasteiger partial charge on any atom is 0.227 e. The number of carbonyl (C=O) groups is 2. The van der Waals surface area contributed by atoms with Gasteiger partial charge in [0.25, 0.3) is 0 Å². The molecule has 2 amide bonds. The molecule has 0 bridgehead atoms. The fraction of sp³-hybridized carbons (Fsp3) is 0.600. The fourth-order valence-electron chi connectivity index (χ4n) is 3.74. The Kier molecular flexibility index (Phi) is 6.59. The third-order valence-corrected chi connectivity index (χ3v) is 4.78. The summed E-state index contributed by atoms with van der Waals surface area (Å²) in [6.07, 6.45) is 4.91. The second-order valence-corrected chi connectivity index (χ2v) is 7.07. The Balaban J connectivity index is 2.08. The molecular weight excluding hydrogens is 316 g/mol. The molecule has 1 aromatic rings. The third kappa shape index (κ3) is 5.05.